The number of fused-ring (bicyclic) bond motifs is 2. The van der Waals surface area contributed by atoms with Gasteiger partial charge in [0.05, 0.1) is 6.04 Å². The Balaban J connectivity index is 0.00000181. The van der Waals surface area contributed by atoms with Gasteiger partial charge in [-0.15, -0.1) is 0 Å². The molecule has 1 aromatic carbocycles. The first kappa shape index (κ1) is 26.1. The van der Waals surface area contributed by atoms with Gasteiger partial charge < -0.3 is 29.8 Å². The van der Waals surface area contributed by atoms with Gasteiger partial charge in [-0.1, -0.05) is 33.4 Å². The zero-order valence-electron chi connectivity index (χ0n) is 17.1. The van der Waals surface area contributed by atoms with Crippen molar-refractivity contribution in [3.8, 4) is 0 Å². The zero-order valence-corrected chi connectivity index (χ0v) is 17.9. The molecule has 2 saturated heterocycles. The van der Waals surface area contributed by atoms with Gasteiger partial charge in [-0.25, -0.2) is 0 Å². The molecule has 3 heterocycles. The van der Waals surface area contributed by atoms with Crippen molar-refractivity contribution in [2.75, 3.05) is 13.1 Å². The summed E-state index contributed by atoms with van der Waals surface area (Å²) in [5.74, 6) is -1.50. The van der Waals surface area contributed by atoms with E-state index in [4.69, 9.17) is 21.1 Å². The number of rotatable bonds is 5. The van der Waals surface area contributed by atoms with Crippen LogP contribution in [0.15, 0.2) is 24.3 Å². The van der Waals surface area contributed by atoms with E-state index in [-0.39, 0.29) is 27.1 Å². The summed E-state index contributed by atoms with van der Waals surface area (Å²) in [6, 6.07) is 6.25. The number of likely N-dealkylation sites (tertiary alicyclic amines) is 1. The summed E-state index contributed by atoms with van der Waals surface area (Å²) in [5.41, 5.74) is 1.12. The molecule has 0 bridgehead atoms. The monoisotopic (exact) mass is 467 g/mol. The Labute approximate surface area is 194 Å². The predicted molar refractivity (Wildman–Crippen MR) is 125 cm³/mol. The SMILES string of the molecule is C.C.CC[C@H](NC(=O)c1cc2cc(Cl)ccc2[nH]1)[C@@H](O)C(=O)N1C[C@@H]2OC(C)(C)O[C@@H]2C1. The summed E-state index contributed by atoms with van der Waals surface area (Å²) in [5, 5.41) is 14.8. The number of aromatic amines is 1. The minimum absolute atomic E-state index is 0. The van der Waals surface area contributed by atoms with Crippen molar-refractivity contribution in [3.05, 3.63) is 35.0 Å². The number of halogens is 1. The highest BCUT2D eigenvalue weighted by molar-refractivity contribution is 6.31. The third-order valence-corrected chi connectivity index (χ3v) is 5.85. The molecule has 2 fully saturated rings. The number of nitrogens with zero attached hydrogens (tertiary/aromatic N) is 1. The highest BCUT2D eigenvalue weighted by Gasteiger charge is 2.49. The molecule has 0 saturated carbocycles. The van der Waals surface area contributed by atoms with Crippen LogP contribution in [0.25, 0.3) is 10.9 Å². The third kappa shape index (κ3) is 5.09. The molecule has 32 heavy (non-hydrogen) atoms. The normalized spacial score (nSPS) is 23.1. The summed E-state index contributed by atoms with van der Waals surface area (Å²) < 4.78 is 11.6. The highest BCUT2D eigenvalue weighted by atomic mass is 35.5. The summed E-state index contributed by atoms with van der Waals surface area (Å²) in [6.45, 7) is 6.20. The van der Waals surface area contributed by atoms with Gasteiger partial charge in [-0.3, -0.25) is 9.59 Å². The lowest BCUT2D eigenvalue weighted by Crippen LogP contribution is -2.51. The van der Waals surface area contributed by atoms with Crippen LogP contribution >= 0.6 is 11.6 Å². The molecule has 2 aromatic rings. The van der Waals surface area contributed by atoms with Gasteiger partial charge in [0.1, 0.15) is 17.9 Å². The molecule has 2 aliphatic heterocycles. The lowest BCUT2D eigenvalue weighted by Gasteiger charge is -2.28. The molecule has 9 heteroatoms. The van der Waals surface area contributed by atoms with Gasteiger partial charge >= 0.3 is 0 Å². The van der Waals surface area contributed by atoms with Crippen LogP contribution in [-0.2, 0) is 14.3 Å². The largest absolute Gasteiger partial charge is 0.381 e. The van der Waals surface area contributed by atoms with Crippen LogP contribution in [0, 0.1) is 0 Å². The molecule has 3 N–H and O–H groups in total. The van der Waals surface area contributed by atoms with E-state index in [1.54, 1.807) is 31.2 Å². The van der Waals surface area contributed by atoms with E-state index < -0.39 is 29.7 Å². The van der Waals surface area contributed by atoms with Crippen LogP contribution in [0.3, 0.4) is 0 Å². The van der Waals surface area contributed by atoms with E-state index in [0.717, 1.165) is 10.9 Å². The quantitative estimate of drug-likeness (QED) is 0.625. The molecule has 4 atom stereocenters. The average Bonchev–Trinajstić information content (AvgIpc) is 3.34. The second kappa shape index (κ2) is 9.79. The average molecular weight is 468 g/mol. The van der Waals surface area contributed by atoms with Crippen molar-refractivity contribution in [1.82, 2.24) is 15.2 Å². The van der Waals surface area contributed by atoms with E-state index in [2.05, 4.69) is 10.3 Å². The van der Waals surface area contributed by atoms with E-state index in [1.807, 2.05) is 13.8 Å². The van der Waals surface area contributed by atoms with E-state index in [9.17, 15) is 14.7 Å². The molecule has 4 rings (SSSR count). The predicted octanol–water partition coefficient (Wildman–Crippen LogP) is 3.33. The number of aliphatic hydroxyl groups excluding tert-OH is 1. The molecule has 2 aliphatic rings. The number of hydrogen-bond donors (Lipinski definition) is 3. The number of carbonyl (C=O) groups excluding carboxylic acids is 2. The Kier molecular flexibility index (Phi) is 7.99. The maximum absolute atomic E-state index is 12.8. The fourth-order valence-electron chi connectivity index (χ4n) is 4.14. The first-order valence-electron chi connectivity index (χ1n) is 10.1. The van der Waals surface area contributed by atoms with Crippen LogP contribution < -0.4 is 5.32 Å². The van der Waals surface area contributed by atoms with Crippen LogP contribution in [-0.4, -0.2) is 70.0 Å². The van der Waals surface area contributed by atoms with E-state index >= 15 is 0 Å². The second-order valence-corrected chi connectivity index (χ2v) is 8.74. The van der Waals surface area contributed by atoms with Crippen LogP contribution in [0.1, 0.15) is 52.5 Å². The Hall–Kier alpha value is -2.13. The van der Waals surface area contributed by atoms with Crippen molar-refractivity contribution < 1.29 is 24.2 Å². The molecule has 2 amide bonds. The number of amides is 2. The first-order valence-corrected chi connectivity index (χ1v) is 10.5. The minimum atomic E-state index is -1.36. The number of carbonyl (C=O) groups is 2. The van der Waals surface area contributed by atoms with Gasteiger partial charge in [0.15, 0.2) is 11.9 Å². The standard InChI is InChI=1S/C21H26ClN3O5.2CH4/c1-4-13(24-19(27)15-8-11-7-12(22)5-6-14(11)23-15)18(26)20(28)25-9-16-17(10-25)30-21(2,3)29-16;;/h5-8,13,16-18,23,26H,4,9-10H2,1-3H3,(H,24,27);2*1H4/t13-,16-,17+,18+;;/m0../s1. The molecule has 0 spiro atoms. The van der Waals surface area contributed by atoms with Crippen LogP contribution in [0.5, 0.6) is 0 Å². The van der Waals surface area contributed by atoms with Crippen molar-refractivity contribution in [2.24, 2.45) is 0 Å². The number of aliphatic hydroxyl groups is 1. The molecule has 178 valence electrons. The Morgan fingerprint density at radius 2 is 1.88 bits per heavy atom. The minimum Gasteiger partial charge on any atom is -0.381 e. The Morgan fingerprint density at radius 3 is 2.47 bits per heavy atom. The van der Waals surface area contributed by atoms with Gasteiger partial charge in [0.25, 0.3) is 11.8 Å². The topological polar surface area (TPSA) is 104 Å². The molecule has 0 radical (unpaired) electrons. The number of nitrogens with one attached hydrogen (secondary N) is 2. The number of aromatic nitrogens is 1. The number of H-pyrrole nitrogens is 1. The molecular formula is C23H34ClN3O5. The summed E-state index contributed by atoms with van der Waals surface area (Å²) >= 11 is 6.00. The summed E-state index contributed by atoms with van der Waals surface area (Å²) in [4.78, 5) is 30.1. The maximum Gasteiger partial charge on any atom is 0.268 e. The number of hydrogen-bond acceptors (Lipinski definition) is 5. The smallest absolute Gasteiger partial charge is 0.268 e. The molecule has 1 aromatic heterocycles. The van der Waals surface area contributed by atoms with Crippen molar-refractivity contribution in [2.45, 2.75) is 72.2 Å². The van der Waals surface area contributed by atoms with Crippen LogP contribution in [0.2, 0.25) is 5.02 Å². The molecule has 8 nitrogen and oxygen atoms in total. The maximum atomic E-state index is 12.8. The third-order valence-electron chi connectivity index (χ3n) is 5.62. The molecular weight excluding hydrogens is 434 g/mol. The van der Waals surface area contributed by atoms with Gasteiger partial charge in [-0.05, 0) is 44.5 Å². The highest BCUT2D eigenvalue weighted by Crippen LogP contribution is 2.33. The fraction of sp³-hybridized carbons (Fsp3) is 0.565. The van der Waals surface area contributed by atoms with Crippen LogP contribution in [0.4, 0.5) is 0 Å². The van der Waals surface area contributed by atoms with Crippen molar-refractivity contribution >= 4 is 34.3 Å². The summed E-state index contributed by atoms with van der Waals surface area (Å²) in [6.07, 6.45) is -1.37. The lowest BCUT2D eigenvalue weighted by atomic mass is 10.1. The van der Waals surface area contributed by atoms with Gasteiger partial charge in [-0.2, -0.15) is 0 Å². The number of ether oxygens (including phenoxy) is 2. The number of benzene rings is 1. The van der Waals surface area contributed by atoms with Crippen molar-refractivity contribution in [1.29, 1.82) is 0 Å². The fourth-order valence-corrected chi connectivity index (χ4v) is 4.32. The van der Waals surface area contributed by atoms with E-state index in [1.165, 1.54) is 4.90 Å². The molecule has 0 aliphatic carbocycles. The first-order chi connectivity index (χ1) is 14.2. The van der Waals surface area contributed by atoms with E-state index in [0.29, 0.717) is 30.2 Å². The molecule has 0 unspecified atom stereocenters. The zero-order chi connectivity index (χ0) is 21.6. The van der Waals surface area contributed by atoms with Gasteiger partial charge in [0, 0.05) is 29.0 Å². The lowest BCUT2D eigenvalue weighted by molar-refractivity contribution is -0.163. The van der Waals surface area contributed by atoms with Crippen molar-refractivity contribution in [3.63, 3.8) is 0 Å². The Morgan fingerprint density at radius 1 is 1.25 bits per heavy atom. The van der Waals surface area contributed by atoms with Gasteiger partial charge in [0.2, 0.25) is 0 Å². The second-order valence-electron chi connectivity index (χ2n) is 8.30. The summed E-state index contributed by atoms with van der Waals surface area (Å²) in [7, 11) is 0. The Bertz CT molecular complexity index is 960.